The van der Waals surface area contributed by atoms with Gasteiger partial charge >= 0.3 is 0 Å². The van der Waals surface area contributed by atoms with E-state index >= 15 is 0 Å². The van der Waals surface area contributed by atoms with Crippen molar-refractivity contribution in [2.75, 3.05) is 0 Å². The van der Waals surface area contributed by atoms with Gasteiger partial charge in [0.1, 0.15) is 22.7 Å². The number of hydrogen-bond acceptors (Lipinski definition) is 6. The van der Waals surface area contributed by atoms with Crippen molar-refractivity contribution in [1.82, 2.24) is 9.97 Å². The molecule has 2 heterocycles. The Hall–Kier alpha value is -4.37. The lowest BCUT2D eigenvalue weighted by atomic mass is 10.2. The number of nitrogens with zero attached hydrogens (tertiary/aromatic N) is 2. The van der Waals surface area contributed by atoms with E-state index in [1.165, 1.54) is 72.8 Å². The van der Waals surface area contributed by atoms with E-state index in [0.717, 1.165) is 0 Å². The van der Waals surface area contributed by atoms with Crippen molar-refractivity contribution in [3.8, 4) is 22.9 Å². The second-order valence-electron chi connectivity index (χ2n) is 7.82. The second kappa shape index (κ2) is 7.85. The van der Waals surface area contributed by atoms with E-state index in [4.69, 9.17) is 8.83 Å². The summed E-state index contributed by atoms with van der Waals surface area (Å²) in [5, 5.41) is 0. The van der Waals surface area contributed by atoms with Gasteiger partial charge in [-0.25, -0.2) is 27.2 Å². The lowest BCUT2D eigenvalue weighted by molar-refractivity contribution is 0.596. The average Bonchev–Trinajstić information content (AvgIpc) is 3.47. The summed E-state index contributed by atoms with van der Waals surface area (Å²) >= 11 is 0. The minimum Gasteiger partial charge on any atom is -0.436 e. The van der Waals surface area contributed by atoms with Gasteiger partial charge in [-0.2, -0.15) is 0 Å². The summed E-state index contributed by atoms with van der Waals surface area (Å²) in [6, 6.07) is 20.2. The van der Waals surface area contributed by atoms with E-state index in [-0.39, 0.29) is 21.6 Å². The summed E-state index contributed by atoms with van der Waals surface area (Å²) in [5.74, 6) is -0.500. The minimum atomic E-state index is -3.93. The number of hydrogen-bond donors (Lipinski definition) is 0. The van der Waals surface area contributed by atoms with E-state index in [0.29, 0.717) is 33.3 Å². The summed E-state index contributed by atoms with van der Waals surface area (Å²) in [4.78, 5) is 8.68. The molecule has 0 saturated heterocycles. The van der Waals surface area contributed by atoms with Crippen molar-refractivity contribution in [3.05, 3.63) is 96.6 Å². The molecule has 0 fully saturated rings. The quantitative estimate of drug-likeness (QED) is 0.285. The molecule has 0 amide bonds. The van der Waals surface area contributed by atoms with Crippen LogP contribution in [0, 0.1) is 11.6 Å². The van der Waals surface area contributed by atoms with Crippen LogP contribution >= 0.6 is 0 Å². The highest BCUT2D eigenvalue weighted by molar-refractivity contribution is 7.91. The monoisotopic (exact) mass is 488 g/mol. The second-order valence-corrected chi connectivity index (χ2v) is 9.77. The van der Waals surface area contributed by atoms with Crippen LogP contribution in [0.25, 0.3) is 45.1 Å². The zero-order chi connectivity index (χ0) is 24.2. The van der Waals surface area contributed by atoms with Crippen LogP contribution in [-0.4, -0.2) is 18.4 Å². The molecule has 9 heteroatoms. The van der Waals surface area contributed by atoms with Gasteiger partial charge in [-0.3, -0.25) is 0 Å². The predicted octanol–water partition coefficient (Wildman–Crippen LogP) is 6.41. The summed E-state index contributed by atoms with van der Waals surface area (Å²) in [5.41, 5.74) is 2.26. The van der Waals surface area contributed by atoms with Crippen LogP contribution in [0.5, 0.6) is 0 Å². The largest absolute Gasteiger partial charge is 0.436 e. The zero-order valence-electron chi connectivity index (χ0n) is 17.8. The van der Waals surface area contributed by atoms with E-state index in [2.05, 4.69) is 9.97 Å². The smallest absolute Gasteiger partial charge is 0.227 e. The Morgan fingerprint density at radius 3 is 1.49 bits per heavy atom. The molecule has 2 aromatic heterocycles. The topological polar surface area (TPSA) is 86.2 Å². The summed E-state index contributed by atoms with van der Waals surface area (Å²) in [6.07, 6.45) is 0. The van der Waals surface area contributed by atoms with Gasteiger partial charge in [-0.05, 0) is 72.8 Å². The molecular weight excluding hydrogens is 474 g/mol. The Morgan fingerprint density at radius 2 is 1.06 bits per heavy atom. The molecule has 0 saturated carbocycles. The first-order valence-electron chi connectivity index (χ1n) is 10.4. The first-order valence-corrected chi connectivity index (χ1v) is 11.9. The lowest BCUT2D eigenvalue weighted by Gasteiger charge is -2.04. The Kier molecular flexibility index (Phi) is 4.75. The minimum absolute atomic E-state index is 0.0114. The average molecular weight is 488 g/mol. The SMILES string of the molecule is O=S(=O)(c1ccc2oc(-c3cccc(F)c3)nc2c1)c1ccc2oc(-c3cccc(F)c3)nc2c1. The number of fused-ring (bicyclic) bond motifs is 2. The summed E-state index contributed by atoms with van der Waals surface area (Å²) < 4.78 is 65.2. The molecule has 0 aliphatic heterocycles. The summed E-state index contributed by atoms with van der Waals surface area (Å²) in [7, 11) is -3.93. The van der Waals surface area contributed by atoms with Gasteiger partial charge in [-0.15, -0.1) is 0 Å². The fourth-order valence-corrected chi connectivity index (χ4v) is 5.07. The van der Waals surface area contributed by atoms with Crippen LogP contribution in [0.4, 0.5) is 8.78 Å². The van der Waals surface area contributed by atoms with E-state index in [9.17, 15) is 17.2 Å². The molecular formula is C26H14F2N2O4S. The van der Waals surface area contributed by atoms with Crippen molar-refractivity contribution < 1.29 is 26.0 Å². The Balaban J connectivity index is 1.38. The standard InChI is InChI=1S/C26H14F2N2O4S/c27-17-5-1-3-15(11-17)25-29-21-13-19(7-9-23(21)33-25)35(31,32)20-8-10-24-22(14-20)30-26(34-24)16-4-2-6-18(28)12-16/h1-14H. The first-order chi connectivity index (χ1) is 16.9. The van der Waals surface area contributed by atoms with Gasteiger partial charge in [0.05, 0.1) is 9.79 Å². The van der Waals surface area contributed by atoms with Crippen molar-refractivity contribution in [1.29, 1.82) is 0 Å². The van der Waals surface area contributed by atoms with Crippen LogP contribution in [0.15, 0.2) is 104 Å². The Bertz CT molecular complexity index is 1730. The van der Waals surface area contributed by atoms with Gasteiger partial charge in [0.15, 0.2) is 11.2 Å². The molecule has 0 spiro atoms. The van der Waals surface area contributed by atoms with Gasteiger partial charge in [-0.1, -0.05) is 12.1 Å². The Labute approximate surface area is 197 Å². The first kappa shape index (κ1) is 21.2. The van der Waals surface area contributed by atoms with E-state index in [1.807, 2.05) is 0 Å². The number of oxazole rings is 2. The van der Waals surface area contributed by atoms with Crippen LogP contribution in [-0.2, 0) is 9.84 Å². The highest BCUT2D eigenvalue weighted by Gasteiger charge is 2.21. The molecule has 0 unspecified atom stereocenters. The molecule has 0 bridgehead atoms. The number of aromatic nitrogens is 2. The predicted molar refractivity (Wildman–Crippen MR) is 124 cm³/mol. The van der Waals surface area contributed by atoms with Crippen LogP contribution in [0.2, 0.25) is 0 Å². The van der Waals surface area contributed by atoms with Crippen LogP contribution < -0.4 is 0 Å². The number of rotatable bonds is 4. The normalized spacial score (nSPS) is 11.9. The molecule has 6 aromatic rings. The molecule has 172 valence electrons. The van der Waals surface area contributed by atoms with Crippen molar-refractivity contribution >= 4 is 32.0 Å². The third-order valence-electron chi connectivity index (χ3n) is 5.48. The third-order valence-corrected chi connectivity index (χ3v) is 7.23. The lowest BCUT2D eigenvalue weighted by Crippen LogP contribution is -2.01. The molecule has 0 N–H and O–H groups in total. The van der Waals surface area contributed by atoms with Crippen molar-refractivity contribution in [2.45, 2.75) is 9.79 Å². The van der Waals surface area contributed by atoms with Gasteiger partial charge < -0.3 is 8.83 Å². The van der Waals surface area contributed by atoms with E-state index in [1.54, 1.807) is 12.1 Å². The molecule has 4 aromatic carbocycles. The maximum Gasteiger partial charge on any atom is 0.227 e. The van der Waals surface area contributed by atoms with Crippen molar-refractivity contribution in [3.63, 3.8) is 0 Å². The van der Waals surface area contributed by atoms with Gasteiger partial charge in [0.25, 0.3) is 0 Å². The van der Waals surface area contributed by atoms with Gasteiger partial charge in [0, 0.05) is 11.1 Å². The molecule has 0 atom stereocenters. The highest BCUT2D eigenvalue weighted by atomic mass is 32.2. The molecule has 0 aliphatic carbocycles. The number of sulfone groups is 1. The number of benzene rings is 4. The molecule has 0 aliphatic rings. The van der Waals surface area contributed by atoms with E-state index < -0.39 is 21.5 Å². The number of halogens is 2. The molecule has 6 rings (SSSR count). The fourth-order valence-electron chi connectivity index (χ4n) is 3.77. The molecule has 6 nitrogen and oxygen atoms in total. The highest BCUT2D eigenvalue weighted by Crippen LogP contribution is 2.31. The summed E-state index contributed by atoms with van der Waals surface area (Å²) in [6.45, 7) is 0. The van der Waals surface area contributed by atoms with Crippen LogP contribution in [0.3, 0.4) is 0 Å². The Morgan fingerprint density at radius 1 is 0.600 bits per heavy atom. The third kappa shape index (κ3) is 3.75. The van der Waals surface area contributed by atoms with Crippen LogP contribution in [0.1, 0.15) is 0 Å². The maximum atomic E-state index is 13.6. The molecule has 35 heavy (non-hydrogen) atoms. The fraction of sp³-hybridized carbons (Fsp3) is 0. The van der Waals surface area contributed by atoms with Crippen molar-refractivity contribution in [2.24, 2.45) is 0 Å². The maximum absolute atomic E-state index is 13.6. The van der Waals surface area contributed by atoms with Gasteiger partial charge in [0.2, 0.25) is 21.6 Å². The molecule has 0 radical (unpaired) electrons. The zero-order valence-corrected chi connectivity index (χ0v) is 18.6.